The molecule has 118 valence electrons. The van der Waals surface area contributed by atoms with Crippen LogP contribution in [0.1, 0.15) is 29.4 Å². The number of aryl methyl sites for hydroxylation is 1. The van der Waals surface area contributed by atoms with Crippen molar-refractivity contribution in [1.82, 2.24) is 25.1 Å². The highest BCUT2D eigenvalue weighted by Crippen LogP contribution is 2.30. The topological polar surface area (TPSA) is 91.8 Å². The van der Waals surface area contributed by atoms with E-state index in [0.717, 1.165) is 43.1 Å². The van der Waals surface area contributed by atoms with E-state index in [9.17, 15) is 8.42 Å². The van der Waals surface area contributed by atoms with Crippen molar-refractivity contribution in [2.45, 2.75) is 30.7 Å². The molecule has 0 spiro atoms. The molecule has 1 aliphatic rings. The summed E-state index contributed by atoms with van der Waals surface area (Å²) in [4.78, 5) is 11.0. The first-order valence-electron chi connectivity index (χ1n) is 7.16. The smallest absolute Gasteiger partial charge is 0.178 e. The minimum atomic E-state index is -3.24. The van der Waals surface area contributed by atoms with Crippen molar-refractivity contribution in [1.29, 1.82) is 0 Å². The third-order valence-corrected chi connectivity index (χ3v) is 5.08. The highest BCUT2D eigenvalue weighted by Gasteiger charge is 2.29. The standard InChI is InChI=1S/C14H19N5O2S/c1-10-15-5-11(6-16-10)8-19-4-3-12(9-19)14-13(7-17-18-14)22(2,20)21/h5-7,12H,3-4,8-9H2,1-2H3,(H,17,18)/t12-/m0/s1. The molecule has 0 bridgehead atoms. The molecule has 0 aliphatic carbocycles. The van der Waals surface area contributed by atoms with Crippen LogP contribution in [0.2, 0.25) is 0 Å². The van der Waals surface area contributed by atoms with Crippen molar-refractivity contribution in [3.05, 3.63) is 35.7 Å². The van der Waals surface area contributed by atoms with Crippen molar-refractivity contribution >= 4 is 9.84 Å². The number of nitrogens with zero attached hydrogens (tertiary/aromatic N) is 4. The molecule has 7 nitrogen and oxygen atoms in total. The van der Waals surface area contributed by atoms with Gasteiger partial charge < -0.3 is 0 Å². The summed E-state index contributed by atoms with van der Waals surface area (Å²) in [5.41, 5.74) is 1.80. The van der Waals surface area contributed by atoms with Crippen molar-refractivity contribution in [2.24, 2.45) is 0 Å². The quantitative estimate of drug-likeness (QED) is 0.899. The number of nitrogens with one attached hydrogen (secondary N) is 1. The highest BCUT2D eigenvalue weighted by atomic mass is 32.2. The van der Waals surface area contributed by atoms with E-state index in [0.29, 0.717) is 4.90 Å². The van der Waals surface area contributed by atoms with Gasteiger partial charge in [0.1, 0.15) is 10.7 Å². The van der Waals surface area contributed by atoms with E-state index in [4.69, 9.17) is 0 Å². The Hall–Kier alpha value is -1.80. The fourth-order valence-electron chi connectivity index (χ4n) is 2.84. The molecule has 1 N–H and O–H groups in total. The number of aromatic amines is 1. The SMILES string of the molecule is Cc1ncc(CN2CC[C@H](c3[nH]ncc3S(C)(=O)=O)C2)cn1. The lowest BCUT2D eigenvalue weighted by atomic mass is 10.1. The van der Waals surface area contributed by atoms with Crippen molar-refractivity contribution < 1.29 is 8.42 Å². The van der Waals surface area contributed by atoms with E-state index < -0.39 is 9.84 Å². The third kappa shape index (κ3) is 3.17. The Balaban J connectivity index is 1.70. The Kier molecular flexibility index (Phi) is 3.96. The Morgan fingerprint density at radius 2 is 2.05 bits per heavy atom. The van der Waals surface area contributed by atoms with Gasteiger partial charge in [0.25, 0.3) is 0 Å². The Morgan fingerprint density at radius 3 is 2.73 bits per heavy atom. The predicted molar refractivity (Wildman–Crippen MR) is 81.1 cm³/mol. The van der Waals surface area contributed by atoms with Crippen LogP contribution in [-0.4, -0.2) is 52.8 Å². The first kappa shape index (κ1) is 15.1. The molecule has 1 saturated heterocycles. The number of H-pyrrole nitrogens is 1. The zero-order valence-electron chi connectivity index (χ0n) is 12.7. The van der Waals surface area contributed by atoms with E-state index in [1.807, 2.05) is 19.3 Å². The lowest BCUT2D eigenvalue weighted by Crippen LogP contribution is -2.20. The molecular formula is C14H19N5O2S. The van der Waals surface area contributed by atoms with E-state index in [1.165, 1.54) is 12.5 Å². The van der Waals surface area contributed by atoms with Gasteiger partial charge in [-0.05, 0) is 19.9 Å². The van der Waals surface area contributed by atoms with Crippen LogP contribution in [0.25, 0.3) is 0 Å². The van der Waals surface area contributed by atoms with Gasteiger partial charge in [0.05, 0.1) is 11.9 Å². The molecule has 8 heteroatoms. The van der Waals surface area contributed by atoms with Crippen LogP contribution in [0.4, 0.5) is 0 Å². The molecule has 2 aromatic heterocycles. The Labute approximate surface area is 129 Å². The average Bonchev–Trinajstić information content (AvgIpc) is 3.09. The second-order valence-corrected chi connectivity index (χ2v) is 7.76. The number of hydrogen-bond donors (Lipinski definition) is 1. The Morgan fingerprint density at radius 1 is 1.32 bits per heavy atom. The summed E-state index contributed by atoms with van der Waals surface area (Å²) >= 11 is 0. The van der Waals surface area contributed by atoms with Gasteiger partial charge in [-0.3, -0.25) is 10.00 Å². The van der Waals surface area contributed by atoms with Crippen LogP contribution < -0.4 is 0 Å². The third-order valence-electron chi connectivity index (χ3n) is 3.95. The molecule has 3 heterocycles. The van der Waals surface area contributed by atoms with Gasteiger partial charge in [0.2, 0.25) is 0 Å². The maximum absolute atomic E-state index is 11.8. The van der Waals surface area contributed by atoms with Crippen LogP contribution in [0.3, 0.4) is 0 Å². The second-order valence-electron chi connectivity index (χ2n) is 5.78. The molecule has 0 unspecified atom stereocenters. The number of rotatable bonds is 4. The van der Waals surface area contributed by atoms with Crippen molar-refractivity contribution in [3.63, 3.8) is 0 Å². The lowest BCUT2D eigenvalue weighted by molar-refractivity contribution is 0.325. The zero-order valence-corrected chi connectivity index (χ0v) is 13.5. The van der Waals surface area contributed by atoms with Gasteiger partial charge in [0.15, 0.2) is 9.84 Å². The number of hydrogen-bond acceptors (Lipinski definition) is 6. The molecule has 1 atom stereocenters. The van der Waals surface area contributed by atoms with Gasteiger partial charge in [0, 0.05) is 43.2 Å². The summed E-state index contributed by atoms with van der Waals surface area (Å²) in [7, 11) is -3.24. The summed E-state index contributed by atoms with van der Waals surface area (Å²) in [5.74, 6) is 0.928. The van der Waals surface area contributed by atoms with Gasteiger partial charge >= 0.3 is 0 Å². The van der Waals surface area contributed by atoms with Crippen LogP contribution in [0, 0.1) is 6.92 Å². The van der Waals surface area contributed by atoms with E-state index in [-0.39, 0.29) is 5.92 Å². The van der Waals surface area contributed by atoms with Crippen LogP contribution >= 0.6 is 0 Å². The van der Waals surface area contributed by atoms with Gasteiger partial charge in [-0.15, -0.1) is 0 Å². The number of likely N-dealkylation sites (tertiary alicyclic amines) is 1. The van der Waals surface area contributed by atoms with Crippen LogP contribution in [-0.2, 0) is 16.4 Å². The zero-order chi connectivity index (χ0) is 15.7. The van der Waals surface area contributed by atoms with Crippen LogP contribution in [0.5, 0.6) is 0 Å². The van der Waals surface area contributed by atoms with Crippen molar-refractivity contribution in [2.75, 3.05) is 19.3 Å². The highest BCUT2D eigenvalue weighted by molar-refractivity contribution is 7.90. The van der Waals surface area contributed by atoms with E-state index in [2.05, 4.69) is 25.1 Å². The van der Waals surface area contributed by atoms with E-state index in [1.54, 1.807) is 0 Å². The minimum Gasteiger partial charge on any atom is -0.298 e. The summed E-state index contributed by atoms with van der Waals surface area (Å²) in [6.45, 7) is 4.36. The fourth-order valence-corrected chi connectivity index (χ4v) is 3.70. The average molecular weight is 321 g/mol. The van der Waals surface area contributed by atoms with Crippen molar-refractivity contribution in [3.8, 4) is 0 Å². The molecule has 0 saturated carbocycles. The molecule has 1 fully saturated rings. The molecule has 0 aromatic carbocycles. The van der Waals surface area contributed by atoms with Crippen LogP contribution in [0.15, 0.2) is 23.5 Å². The van der Waals surface area contributed by atoms with Gasteiger partial charge in [-0.2, -0.15) is 5.10 Å². The molecule has 22 heavy (non-hydrogen) atoms. The molecule has 1 aliphatic heterocycles. The first-order valence-corrected chi connectivity index (χ1v) is 9.06. The minimum absolute atomic E-state index is 0.165. The first-order chi connectivity index (χ1) is 10.4. The maximum Gasteiger partial charge on any atom is 0.178 e. The molecule has 2 aromatic rings. The largest absolute Gasteiger partial charge is 0.298 e. The number of aromatic nitrogens is 4. The number of sulfone groups is 1. The molecule has 0 amide bonds. The second kappa shape index (κ2) is 5.77. The van der Waals surface area contributed by atoms with Gasteiger partial charge in [-0.1, -0.05) is 0 Å². The summed E-state index contributed by atoms with van der Waals surface area (Å²) in [5, 5.41) is 6.77. The molecule has 0 radical (unpaired) electrons. The predicted octanol–water partition coefficient (Wildman–Crippen LogP) is 0.901. The maximum atomic E-state index is 11.8. The van der Waals surface area contributed by atoms with E-state index >= 15 is 0 Å². The summed E-state index contributed by atoms with van der Waals surface area (Å²) < 4.78 is 23.6. The monoisotopic (exact) mass is 321 g/mol. The Bertz CT molecular complexity index is 754. The van der Waals surface area contributed by atoms with Gasteiger partial charge in [-0.25, -0.2) is 18.4 Å². The summed E-state index contributed by atoms with van der Waals surface area (Å²) in [6, 6.07) is 0. The normalized spacial score (nSPS) is 19.6. The fraction of sp³-hybridized carbons (Fsp3) is 0.500. The lowest BCUT2D eigenvalue weighted by Gasteiger charge is -2.15. The molecular weight excluding hydrogens is 302 g/mol. The molecule has 3 rings (SSSR count). The summed E-state index contributed by atoms with van der Waals surface area (Å²) in [6.07, 6.45) is 7.22.